The number of aromatic nitrogens is 2. The van der Waals surface area contributed by atoms with Crippen molar-refractivity contribution in [2.75, 3.05) is 5.73 Å². The fourth-order valence-electron chi connectivity index (χ4n) is 1.88. The van der Waals surface area contributed by atoms with Gasteiger partial charge < -0.3 is 10.5 Å². The zero-order valence-corrected chi connectivity index (χ0v) is 8.77. The number of esters is 1. The van der Waals surface area contributed by atoms with Crippen LogP contribution in [0.1, 0.15) is 36.2 Å². The molecule has 1 aromatic rings. The Bertz CT molecular complexity index is 367. The molecule has 0 amide bonds. The van der Waals surface area contributed by atoms with E-state index in [1.54, 1.807) is 13.2 Å². The first-order chi connectivity index (χ1) is 7.16. The van der Waals surface area contributed by atoms with E-state index in [2.05, 4.69) is 5.10 Å². The molecule has 0 aliphatic heterocycles. The van der Waals surface area contributed by atoms with Crippen LogP contribution in [-0.4, -0.2) is 21.9 Å². The molecule has 5 heteroatoms. The van der Waals surface area contributed by atoms with Gasteiger partial charge in [-0.2, -0.15) is 5.10 Å². The first-order valence-electron chi connectivity index (χ1n) is 5.17. The van der Waals surface area contributed by atoms with E-state index in [1.165, 1.54) is 4.68 Å². The van der Waals surface area contributed by atoms with Crippen LogP contribution in [0.15, 0.2) is 6.20 Å². The topological polar surface area (TPSA) is 70.1 Å². The summed E-state index contributed by atoms with van der Waals surface area (Å²) in [5.41, 5.74) is 6.23. The van der Waals surface area contributed by atoms with Crippen molar-refractivity contribution in [2.45, 2.75) is 31.8 Å². The molecule has 1 aromatic heterocycles. The van der Waals surface area contributed by atoms with E-state index in [0.29, 0.717) is 5.69 Å². The minimum atomic E-state index is -0.403. The third kappa shape index (κ3) is 2.11. The minimum absolute atomic E-state index is 0.0545. The lowest BCUT2D eigenvalue weighted by atomic mass is 10.3. The average molecular weight is 209 g/mol. The predicted molar refractivity (Wildman–Crippen MR) is 55.3 cm³/mol. The summed E-state index contributed by atoms with van der Waals surface area (Å²) in [6.45, 7) is 0. The number of rotatable bonds is 2. The van der Waals surface area contributed by atoms with Crippen LogP contribution < -0.4 is 5.73 Å². The standard InChI is InChI=1S/C10H15N3O2/c1-13-6-8(11)9(12-13)10(14)15-7-4-2-3-5-7/h6-7H,2-5,11H2,1H3. The maximum atomic E-state index is 11.7. The second kappa shape index (κ2) is 3.92. The van der Waals surface area contributed by atoms with E-state index in [9.17, 15) is 4.79 Å². The normalized spacial score (nSPS) is 16.9. The molecule has 15 heavy (non-hydrogen) atoms. The van der Waals surface area contributed by atoms with Crippen LogP contribution in [0.5, 0.6) is 0 Å². The van der Waals surface area contributed by atoms with Gasteiger partial charge in [0.05, 0.1) is 5.69 Å². The number of hydrogen-bond donors (Lipinski definition) is 1. The molecule has 0 spiro atoms. The molecule has 0 atom stereocenters. The zero-order valence-electron chi connectivity index (χ0n) is 8.77. The number of hydrogen-bond acceptors (Lipinski definition) is 4. The van der Waals surface area contributed by atoms with Gasteiger partial charge in [0.15, 0.2) is 5.69 Å². The van der Waals surface area contributed by atoms with E-state index in [4.69, 9.17) is 10.5 Å². The predicted octanol–water partition coefficient (Wildman–Crippen LogP) is 1.10. The van der Waals surface area contributed by atoms with Crippen LogP contribution in [0, 0.1) is 0 Å². The first-order valence-corrected chi connectivity index (χ1v) is 5.17. The molecule has 0 saturated heterocycles. The monoisotopic (exact) mass is 209 g/mol. The largest absolute Gasteiger partial charge is 0.458 e. The van der Waals surface area contributed by atoms with Crippen LogP contribution in [0.25, 0.3) is 0 Å². The van der Waals surface area contributed by atoms with Crippen molar-refractivity contribution in [3.05, 3.63) is 11.9 Å². The van der Waals surface area contributed by atoms with Gasteiger partial charge >= 0.3 is 5.97 Å². The second-order valence-electron chi connectivity index (χ2n) is 3.92. The third-order valence-corrected chi connectivity index (χ3v) is 2.63. The van der Waals surface area contributed by atoms with Crippen molar-refractivity contribution in [3.63, 3.8) is 0 Å². The third-order valence-electron chi connectivity index (χ3n) is 2.63. The van der Waals surface area contributed by atoms with E-state index >= 15 is 0 Å². The van der Waals surface area contributed by atoms with Crippen molar-refractivity contribution in [1.82, 2.24) is 9.78 Å². The van der Waals surface area contributed by atoms with Gasteiger partial charge in [-0.1, -0.05) is 0 Å². The molecule has 1 heterocycles. The molecule has 82 valence electrons. The Morgan fingerprint density at radius 1 is 1.60 bits per heavy atom. The van der Waals surface area contributed by atoms with Crippen molar-refractivity contribution in [2.24, 2.45) is 7.05 Å². The number of nitrogen functional groups attached to an aromatic ring is 1. The maximum Gasteiger partial charge on any atom is 0.361 e. The molecule has 5 nitrogen and oxygen atoms in total. The molecule has 1 saturated carbocycles. The van der Waals surface area contributed by atoms with Gasteiger partial charge in [0.2, 0.25) is 0 Å². The molecule has 0 radical (unpaired) electrons. The number of carbonyl (C=O) groups is 1. The molecule has 1 aliphatic carbocycles. The lowest BCUT2D eigenvalue weighted by Crippen LogP contribution is -2.16. The van der Waals surface area contributed by atoms with Crippen molar-refractivity contribution >= 4 is 11.7 Å². The number of nitrogens with zero attached hydrogens (tertiary/aromatic N) is 2. The van der Waals surface area contributed by atoms with Gasteiger partial charge in [-0.25, -0.2) is 4.79 Å². The SMILES string of the molecule is Cn1cc(N)c(C(=O)OC2CCCC2)n1. The number of carbonyl (C=O) groups excluding carboxylic acids is 1. The smallest absolute Gasteiger partial charge is 0.361 e. The van der Waals surface area contributed by atoms with E-state index in [1.807, 2.05) is 0 Å². The molecular formula is C10H15N3O2. The summed E-state index contributed by atoms with van der Waals surface area (Å²) in [5, 5.41) is 3.97. The number of ether oxygens (including phenoxy) is 1. The zero-order chi connectivity index (χ0) is 10.8. The highest BCUT2D eigenvalue weighted by atomic mass is 16.5. The number of aryl methyl sites for hydroxylation is 1. The minimum Gasteiger partial charge on any atom is -0.458 e. The van der Waals surface area contributed by atoms with Crippen LogP contribution in [0.2, 0.25) is 0 Å². The summed E-state index contributed by atoms with van der Waals surface area (Å²) in [4.78, 5) is 11.7. The molecule has 1 aliphatic rings. The van der Waals surface area contributed by atoms with Gasteiger partial charge in [0.1, 0.15) is 6.10 Å². The van der Waals surface area contributed by atoms with Crippen LogP contribution in [0.4, 0.5) is 5.69 Å². The molecule has 0 bridgehead atoms. The van der Waals surface area contributed by atoms with Crippen molar-refractivity contribution in [1.29, 1.82) is 0 Å². The summed E-state index contributed by atoms with van der Waals surface area (Å²) in [6.07, 6.45) is 5.84. The van der Waals surface area contributed by atoms with E-state index in [0.717, 1.165) is 25.7 Å². The van der Waals surface area contributed by atoms with E-state index in [-0.39, 0.29) is 11.8 Å². The molecule has 2 N–H and O–H groups in total. The maximum absolute atomic E-state index is 11.7. The quantitative estimate of drug-likeness (QED) is 0.740. The molecule has 0 aromatic carbocycles. The van der Waals surface area contributed by atoms with Crippen LogP contribution >= 0.6 is 0 Å². The van der Waals surface area contributed by atoms with Crippen molar-refractivity contribution < 1.29 is 9.53 Å². The second-order valence-corrected chi connectivity index (χ2v) is 3.92. The lowest BCUT2D eigenvalue weighted by Gasteiger charge is -2.09. The van der Waals surface area contributed by atoms with Crippen molar-refractivity contribution in [3.8, 4) is 0 Å². The Morgan fingerprint density at radius 3 is 2.80 bits per heavy atom. The van der Waals surface area contributed by atoms with Gasteiger partial charge in [0, 0.05) is 13.2 Å². The molecule has 0 unspecified atom stereocenters. The fraction of sp³-hybridized carbons (Fsp3) is 0.600. The molecular weight excluding hydrogens is 194 g/mol. The summed E-state index contributed by atoms with van der Waals surface area (Å²) in [5.74, 6) is -0.403. The average Bonchev–Trinajstić information content (AvgIpc) is 2.75. The number of nitrogens with two attached hydrogens (primary N) is 1. The highest BCUT2D eigenvalue weighted by molar-refractivity contribution is 5.92. The summed E-state index contributed by atoms with van der Waals surface area (Å²) in [6, 6.07) is 0. The lowest BCUT2D eigenvalue weighted by molar-refractivity contribution is 0.0311. The Hall–Kier alpha value is -1.52. The van der Waals surface area contributed by atoms with Gasteiger partial charge in [0.25, 0.3) is 0 Å². The van der Waals surface area contributed by atoms with Crippen LogP contribution in [0.3, 0.4) is 0 Å². The summed E-state index contributed by atoms with van der Waals surface area (Å²) >= 11 is 0. The van der Waals surface area contributed by atoms with Gasteiger partial charge in [-0.3, -0.25) is 4.68 Å². The highest BCUT2D eigenvalue weighted by Crippen LogP contribution is 2.22. The Kier molecular flexibility index (Phi) is 2.62. The molecule has 1 fully saturated rings. The highest BCUT2D eigenvalue weighted by Gasteiger charge is 2.23. The summed E-state index contributed by atoms with van der Waals surface area (Å²) < 4.78 is 6.81. The Balaban J connectivity index is 2.03. The van der Waals surface area contributed by atoms with Gasteiger partial charge in [-0.15, -0.1) is 0 Å². The summed E-state index contributed by atoms with van der Waals surface area (Å²) in [7, 11) is 1.72. The Labute approximate surface area is 88.2 Å². The first kappa shape index (κ1) is 10.0. The van der Waals surface area contributed by atoms with Gasteiger partial charge in [-0.05, 0) is 25.7 Å². The molecule has 2 rings (SSSR count). The van der Waals surface area contributed by atoms with E-state index < -0.39 is 5.97 Å². The fourth-order valence-corrected chi connectivity index (χ4v) is 1.88. The Morgan fingerprint density at radius 2 is 2.27 bits per heavy atom. The van der Waals surface area contributed by atoms with Crippen LogP contribution in [-0.2, 0) is 11.8 Å². The number of anilines is 1.